The van der Waals surface area contributed by atoms with E-state index in [-0.39, 0.29) is 11.8 Å². The third kappa shape index (κ3) is 3.88. The van der Waals surface area contributed by atoms with E-state index in [9.17, 15) is 4.79 Å². The zero-order chi connectivity index (χ0) is 15.9. The fourth-order valence-corrected chi connectivity index (χ4v) is 1.93. The third-order valence-corrected chi connectivity index (χ3v) is 3.02. The van der Waals surface area contributed by atoms with Crippen molar-refractivity contribution >= 4 is 5.91 Å². The number of rotatable bonds is 5. The summed E-state index contributed by atoms with van der Waals surface area (Å²) in [5, 5.41) is 2.80. The van der Waals surface area contributed by atoms with E-state index in [2.05, 4.69) is 20.3 Å². The van der Waals surface area contributed by atoms with Gasteiger partial charge in [0.2, 0.25) is 5.88 Å². The van der Waals surface area contributed by atoms with Gasteiger partial charge in [-0.15, -0.1) is 0 Å². The predicted octanol–water partition coefficient (Wildman–Crippen LogP) is 2.59. The molecule has 3 rings (SSSR count). The van der Waals surface area contributed by atoms with Crippen LogP contribution in [0.5, 0.6) is 11.6 Å². The second-order valence-corrected chi connectivity index (χ2v) is 4.65. The van der Waals surface area contributed by atoms with Crippen molar-refractivity contribution in [2.24, 2.45) is 0 Å². The number of carbonyl (C=O) groups is 1. The molecule has 0 saturated heterocycles. The molecule has 0 spiro atoms. The van der Waals surface area contributed by atoms with E-state index < -0.39 is 0 Å². The molecule has 0 aliphatic rings. The maximum Gasteiger partial charge on any atom is 0.257 e. The van der Waals surface area contributed by atoms with Crippen LogP contribution in [0.1, 0.15) is 16.1 Å². The number of aromatic nitrogens is 3. The van der Waals surface area contributed by atoms with Gasteiger partial charge in [-0.05, 0) is 36.4 Å². The van der Waals surface area contributed by atoms with E-state index in [0.717, 1.165) is 5.69 Å². The molecule has 0 radical (unpaired) electrons. The number of ether oxygens (including phenoxy) is 1. The summed E-state index contributed by atoms with van der Waals surface area (Å²) < 4.78 is 5.63. The molecule has 6 nitrogen and oxygen atoms in total. The van der Waals surface area contributed by atoms with Gasteiger partial charge in [0.1, 0.15) is 11.3 Å². The van der Waals surface area contributed by atoms with E-state index in [1.165, 1.54) is 0 Å². The molecule has 3 aromatic heterocycles. The summed E-state index contributed by atoms with van der Waals surface area (Å²) in [5.41, 5.74) is 1.13. The van der Waals surface area contributed by atoms with E-state index in [1.54, 1.807) is 49.1 Å². The van der Waals surface area contributed by atoms with Crippen LogP contribution in [0, 0.1) is 0 Å². The first-order valence-corrected chi connectivity index (χ1v) is 7.04. The Morgan fingerprint density at radius 2 is 1.87 bits per heavy atom. The van der Waals surface area contributed by atoms with Crippen molar-refractivity contribution < 1.29 is 9.53 Å². The Hall–Kier alpha value is -3.28. The van der Waals surface area contributed by atoms with Crippen molar-refractivity contribution in [3.63, 3.8) is 0 Å². The third-order valence-electron chi connectivity index (χ3n) is 3.02. The second kappa shape index (κ2) is 7.13. The first-order chi connectivity index (χ1) is 11.3. The summed E-state index contributed by atoms with van der Waals surface area (Å²) in [4.78, 5) is 24.6. The Labute approximate surface area is 133 Å². The molecule has 0 unspecified atom stereocenters. The minimum absolute atomic E-state index is 0.235. The highest BCUT2D eigenvalue weighted by molar-refractivity contribution is 5.96. The van der Waals surface area contributed by atoms with Gasteiger partial charge in [0.15, 0.2) is 0 Å². The van der Waals surface area contributed by atoms with Gasteiger partial charge >= 0.3 is 0 Å². The number of pyridine rings is 3. The normalized spacial score (nSPS) is 10.1. The van der Waals surface area contributed by atoms with Crippen molar-refractivity contribution in [2.45, 2.75) is 6.54 Å². The van der Waals surface area contributed by atoms with Gasteiger partial charge < -0.3 is 10.1 Å². The topological polar surface area (TPSA) is 77.0 Å². The van der Waals surface area contributed by atoms with Crippen LogP contribution in [-0.4, -0.2) is 20.9 Å². The summed E-state index contributed by atoms with van der Waals surface area (Å²) in [5.74, 6) is 0.478. The van der Waals surface area contributed by atoms with Crippen LogP contribution in [-0.2, 0) is 6.54 Å². The fourth-order valence-electron chi connectivity index (χ4n) is 1.93. The lowest BCUT2D eigenvalue weighted by Gasteiger charge is -2.09. The molecule has 0 aliphatic heterocycles. The van der Waals surface area contributed by atoms with Crippen LogP contribution < -0.4 is 10.1 Å². The molecule has 3 heterocycles. The Balaban J connectivity index is 1.73. The van der Waals surface area contributed by atoms with Gasteiger partial charge in [0.25, 0.3) is 5.91 Å². The molecule has 0 aliphatic carbocycles. The number of amides is 1. The largest absolute Gasteiger partial charge is 0.437 e. The summed E-state index contributed by atoms with van der Waals surface area (Å²) >= 11 is 0. The van der Waals surface area contributed by atoms with Crippen LogP contribution in [0.15, 0.2) is 67.3 Å². The van der Waals surface area contributed by atoms with Crippen molar-refractivity contribution in [2.75, 3.05) is 0 Å². The Morgan fingerprint density at radius 3 is 2.65 bits per heavy atom. The lowest BCUT2D eigenvalue weighted by atomic mass is 10.2. The molecule has 3 aromatic rings. The Morgan fingerprint density at radius 1 is 1.00 bits per heavy atom. The van der Waals surface area contributed by atoms with Crippen LogP contribution >= 0.6 is 0 Å². The highest BCUT2D eigenvalue weighted by Crippen LogP contribution is 2.21. The number of nitrogens with one attached hydrogen (secondary N) is 1. The lowest BCUT2D eigenvalue weighted by molar-refractivity contribution is 0.0947. The summed E-state index contributed by atoms with van der Waals surface area (Å²) in [6, 6.07) is 12.4. The van der Waals surface area contributed by atoms with E-state index >= 15 is 0 Å². The predicted molar refractivity (Wildman–Crippen MR) is 84.0 cm³/mol. The zero-order valence-corrected chi connectivity index (χ0v) is 12.2. The molecule has 1 amide bonds. The molecular weight excluding hydrogens is 292 g/mol. The molecule has 0 saturated carbocycles. The van der Waals surface area contributed by atoms with Crippen molar-refractivity contribution in [1.29, 1.82) is 0 Å². The highest BCUT2D eigenvalue weighted by Gasteiger charge is 2.14. The van der Waals surface area contributed by atoms with Crippen LogP contribution in [0.4, 0.5) is 0 Å². The molecular formula is C17H14N4O2. The molecule has 114 valence electrons. The standard InChI is InChI=1S/C17H14N4O2/c22-16(21-11-13-5-1-2-9-19-13)15-7-4-10-20-17(15)23-14-6-3-8-18-12-14/h1-10,12H,11H2,(H,21,22). The van der Waals surface area contributed by atoms with Gasteiger partial charge in [0.05, 0.1) is 18.4 Å². The average Bonchev–Trinajstić information content (AvgIpc) is 2.62. The molecule has 6 heteroatoms. The van der Waals surface area contributed by atoms with Crippen molar-refractivity contribution in [3.05, 3.63) is 78.5 Å². The Kier molecular flexibility index (Phi) is 4.54. The monoisotopic (exact) mass is 306 g/mol. The molecule has 0 atom stereocenters. The number of nitrogens with zero attached hydrogens (tertiary/aromatic N) is 3. The van der Waals surface area contributed by atoms with Gasteiger partial charge in [-0.3, -0.25) is 14.8 Å². The smallest absolute Gasteiger partial charge is 0.257 e. The Bertz CT molecular complexity index is 779. The van der Waals surface area contributed by atoms with Gasteiger partial charge in [0, 0.05) is 18.6 Å². The van der Waals surface area contributed by atoms with E-state index in [4.69, 9.17) is 4.74 Å². The van der Waals surface area contributed by atoms with E-state index in [0.29, 0.717) is 17.9 Å². The summed E-state index contributed by atoms with van der Waals surface area (Å²) in [6.45, 7) is 0.334. The number of hydrogen-bond acceptors (Lipinski definition) is 5. The van der Waals surface area contributed by atoms with Gasteiger partial charge in [-0.2, -0.15) is 0 Å². The summed E-state index contributed by atoms with van der Waals surface area (Å²) in [6.07, 6.45) is 6.46. The first-order valence-electron chi connectivity index (χ1n) is 7.04. The minimum atomic E-state index is -0.275. The first kappa shape index (κ1) is 14.6. The van der Waals surface area contributed by atoms with Gasteiger partial charge in [-0.1, -0.05) is 6.07 Å². The maximum atomic E-state index is 12.4. The van der Waals surface area contributed by atoms with Crippen molar-refractivity contribution in [3.8, 4) is 11.6 Å². The molecule has 0 aromatic carbocycles. The molecule has 23 heavy (non-hydrogen) atoms. The van der Waals surface area contributed by atoms with Gasteiger partial charge in [-0.25, -0.2) is 4.98 Å². The van der Waals surface area contributed by atoms with Crippen LogP contribution in [0.25, 0.3) is 0 Å². The van der Waals surface area contributed by atoms with Crippen LogP contribution in [0.2, 0.25) is 0 Å². The quantitative estimate of drug-likeness (QED) is 0.784. The zero-order valence-electron chi connectivity index (χ0n) is 12.2. The number of carbonyl (C=O) groups excluding carboxylic acids is 1. The second-order valence-electron chi connectivity index (χ2n) is 4.65. The molecule has 0 bridgehead atoms. The molecule has 1 N–H and O–H groups in total. The summed E-state index contributed by atoms with van der Waals surface area (Å²) in [7, 11) is 0. The SMILES string of the molecule is O=C(NCc1ccccn1)c1cccnc1Oc1cccnc1. The number of hydrogen-bond donors (Lipinski definition) is 1. The fraction of sp³-hybridized carbons (Fsp3) is 0.0588. The van der Waals surface area contributed by atoms with Crippen molar-refractivity contribution in [1.82, 2.24) is 20.3 Å². The minimum Gasteiger partial charge on any atom is -0.437 e. The van der Waals surface area contributed by atoms with Crippen LogP contribution in [0.3, 0.4) is 0 Å². The average molecular weight is 306 g/mol. The maximum absolute atomic E-state index is 12.4. The molecule has 0 fully saturated rings. The van der Waals surface area contributed by atoms with E-state index in [1.807, 2.05) is 18.2 Å². The highest BCUT2D eigenvalue weighted by atomic mass is 16.5. The lowest BCUT2D eigenvalue weighted by Crippen LogP contribution is -2.24.